The van der Waals surface area contributed by atoms with E-state index in [9.17, 15) is 19.2 Å². The fourth-order valence-electron chi connectivity index (χ4n) is 2.63. The van der Waals surface area contributed by atoms with Gasteiger partial charge in [0.2, 0.25) is 0 Å². The minimum Gasteiger partial charge on any atom is -0.482 e. The highest BCUT2D eigenvalue weighted by Crippen LogP contribution is 2.26. The summed E-state index contributed by atoms with van der Waals surface area (Å²) in [5, 5.41) is 14.8. The zero-order chi connectivity index (χ0) is 22.9. The molecule has 3 aromatic carbocycles. The summed E-state index contributed by atoms with van der Waals surface area (Å²) in [7, 11) is 0. The van der Waals surface area contributed by atoms with E-state index in [1.54, 1.807) is 30.3 Å². The number of carbonyl (C=O) groups is 2. The molecule has 0 aliphatic heterocycles. The Morgan fingerprint density at radius 2 is 1.69 bits per heavy atom. The van der Waals surface area contributed by atoms with Gasteiger partial charge in [-0.3, -0.25) is 9.59 Å². The number of nitrogens with zero attached hydrogens (tertiary/aromatic N) is 1. The van der Waals surface area contributed by atoms with Crippen molar-refractivity contribution in [3.63, 3.8) is 0 Å². The van der Waals surface area contributed by atoms with E-state index < -0.39 is 17.6 Å². The Labute approximate surface area is 188 Å². The molecule has 0 spiro atoms. The number of ether oxygens (including phenoxy) is 1. The van der Waals surface area contributed by atoms with E-state index >= 15 is 0 Å². The fourth-order valence-corrected chi connectivity index (χ4v) is 2.88. The monoisotopic (exact) mass is 449 g/mol. The van der Waals surface area contributed by atoms with E-state index in [4.69, 9.17) is 16.3 Å². The maximum atomic E-state index is 12.9. The van der Waals surface area contributed by atoms with Crippen molar-refractivity contribution in [3.05, 3.63) is 94.8 Å². The molecule has 0 atom stereocenters. The van der Waals surface area contributed by atoms with Crippen molar-refractivity contribution in [2.24, 2.45) is 0 Å². The van der Waals surface area contributed by atoms with Crippen LogP contribution < -0.4 is 15.4 Å². The highest BCUT2D eigenvalue weighted by Gasteiger charge is 2.11. The first-order chi connectivity index (χ1) is 15.4. The van der Waals surface area contributed by atoms with Crippen LogP contribution >= 0.6 is 11.6 Å². The Morgan fingerprint density at radius 3 is 2.34 bits per heavy atom. The topological polar surface area (TPSA) is 91.2 Å². The van der Waals surface area contributed by atoms with Gasteiger partial charge in [0, 0.05) is 11.4 Å². The average Bonchev–Trinajstić information content (AvgIpc) is 2.79. The summed E-state index contributed by atoms with van der Waals surface area (Å²) in [5.41, 5.74) is 1.42. The van der Waals surface area contributed by atoms with Gasteiger partial charge in [-0.15, -0.1) is 0 Å². The molecule has 3 rings (SSSR count). The molecule has 2 amide bonds. The third-order valence-corrected chi connectivity index (χ3v) is 4.45. The molecule has 8 heteroatoms. The Balaban J connectivity index is 1.62. The largest absolute Gasteiger partial charge is 0.482 e. The second kappa shape index (κ2) is 10.8. The Morgan fingerprint density at radius 1 is 1.00 bits per heavy atom. The van der Waals surface area contributed by atoms with Crippen molar-refractivity contribution >= 4 is 40.9 Å². The van der Waals surface area contributed by atoms with Crippen LogP contribution in [0.1, 0.15) is 5.56 Å². The van der Waals surface area contributed by atoms with Gasteiger partial charge in [0.15, 0.2) is 6.61 Å². The maximum absolute atomic E-state index is 12.9. The maximum Gasteiger partial charge on any atom is 0.266 e. The molecule has 0 saturated heterocycles. The van der Waals surface area contributed by atoms with Gasteiger partial charge >= 0.3 is 0 Å². The molecule has 2 N–H and O–H groups in total. The van der Waals surface area contributed by atoms with Crippen molar-refractivity contribution in [3.8, 4) is 11.8 Å². The summed E-state index contributed by atoms with van der Waals surface area (Å²) in [5.74, 6) is -1.14. The lowest BCUT2D eigenvalue weighted by Crippen LogP contribution is -2.20. The van der Waals surface area contributed by atoms with Crippen LogP contribution in [0.3, 0.4) is 0 Å². The number of nitrogens with one attached hydrogen (secondary N) is 2. The molecule has 0 aliphatic carbocycles. The fraction of sp³-hybridized carbons (Fsp3) is 0.0417. The van der Waals surface area contributed by atoms with E-state index in [-0.39, 0.29) is 23.0 Å². The van der Waals surface area contributed by atoms with Gasteiger partial charge in [0.1, 0.15) is 23.2 Å². The summed E-state index contributed by atoms with van der Waals surface area (Å²) < 4.78 is 18.3. The van der Waals surface area contributed by atoms with Crippen LogP contribution in [0.4, 0.5) is 15.8 Å². The molecule has 6 nitrogen and oxygen atoms in total. The molecule has 0 fully saturated rings. The van der Waals surface area contributed by atoms with Crippen molar-refractivity contribution in [2.75, 3.05) is 17.2 Å². The van der Waals surface area contributed by atoms with Crippen LogP contribution in [-0.2, 0) is 9.59 Å². The van der Waals surface area contributed by atoms with E-state index in [2.05, 4.69) is 10.6 Å². The lowest BCUT2D eigenvalue weighted by molar-refractivity contribution is -0.118. The highest BCUT2D eigenvalue weighted by atomic mass is 35.5. The number of rotatable bonds is 7. The minimum atomic E-state index is -0.549. The summed E-state index contributed by atoms with van der Waals surface area (Å²) in [4.78, 5) is 24.3. The van der Waals surface area contributed by atoms with Crippen LogP contribution in [0, 0.1) is 17.1 Å². The number of para-hydroxylation sites is 1. The van der Waals surface area contributed by atoms with Crippen molar-refractivity contribution in [1.29, 1.82) is 5.26 Å². The predicted molar refractivity (Wildman–Crippen MR) is 121 cm³/mol. The lowest BCUT2D eigenvalue weighted by Gasteiger charge is -2.09. The molecule has 0 radical (unpaired) electrons. The van der Waals surface area contributed by atoms with Crippen molar-refractivity contribution in [2.45, 2.75) is 0 Å². The number of nitriles is 1. The number of carbonyl (C=O) groups excluding carboxylic acids is 2. The molecule has 0 bridgehead atoms. The second-order valence-corrected chi connectivity index (χ2v) is 6.93. The smallest absolute Gasteiger partial charge is 0.266 e. The molecule has 32 heavy (non-hydrogen) atoms. The second-order valence-electron chi connectivity index (χ2n) is 6.52. The SMILES string of the molecule is N#C/C(=C\c1ccc(OCC(=O)Nc2ccc(F)cc2)c(Cl)c1)C(=O)Nc1ccccc1. The lowest BCUT2D eigenvalue weighted by atomic mass is 10.1. The predicted octanol–water partition coefficient (Wildman–Crippen LogP) is 5.04. The summed E-state index contributed by atoms with van der Waals surface area (Å²) in [6.45, 7) is -0.310. The van der Waals surface area contributed by atoms with Crippen LogP contribution in [0.2, 0.25) is 5.02 Å². The first-order valence-corrected chi connectivity index (χ1v) is 9.78. The van der Waals surface area contributed by atoms with Crippen LogP contribution in [0.5, 0.6) is 5.75 Å². The summed E-state index contributed by atoms with van der Waals surface area (Å²) in [6, 6.07) is 20.6. The zero-order valence-corrected chi connectivity index (χ0v) is 17.4. The third kappa shape index (κ3) is 6.42. The first-order valence-electron chi connectivity index (χ1n) is 9.40. The summed E-state index contributed by atoms with van der Waals surface area (Å²) >= 11 is 6.22. The Hall–Kier alpha value is -4.15. The van der Waals surface area contributed by atoms with E-state index in [1.807, 2.05) is 12.1 Å². The Bertz CT molecular complexity index is 1190. The van der Waals surface area contributed by atoms with Crippen LogP contribution in [0.15, 0.2) is 78.4 Å². The third-order valence-electron chi connectivity index (χ3n) is 4.15. The normalized spacial score (nSPS) is 10.7. The van der Waals surface area contributed by atoms with Gasteiger partial charge in [-0.1, -0.05) is 35.9 Å². The number of amides is 2. The zero-order valence-electron chi connectivity index (χ0n) is 16.6. The molecule has 160 valence electrons. The number of hydrogen-bond acceptors (Lipinski definition) is 4. The quantitative estimate of drug-likeness (QED) is 0.390. The van der Waals surface area contributed by atoms with Crippen molar-refractivity contribution < 1.29 is 18.7 Å². The number of halogens is 2. The molecular weight excluding hydrogens is 433 g/mol. The molecular formula is C24H17ClFN3O3. The molecule has 3 aromatic rings. The molecule has 0 aromatic heterocycles. The van der Waals surface area contributed by atoms with Gasteiger partial charge < -0.3 is 15.4 Å². The van der Waals surface area contributed by atoms with E-state index in [1.165, 1.54) is 42.5 Å². The van der Waals surface area contributed by atoms with Crippen LogP contribution in [0.25, 0.3) is 6.08 Å². The summed E-state index contributed by atoms with van der Waals surface area (Å²) in [6.07, 6.45) is 1.40. The Kier molecular flexibility index (Phi) is 7.57. The number of hydrogen-bond donors (Lipinski definition) is 2. The van der Waals surface area contributed by atoms with Crippen LogP contribution in [-0.4, -0.2) is 18.4 Å². The first kappa shape index (κ1) is 22.5. The minimum absolute atomic E-state index is 0.0998. The van der Waals surface area contributed by atoms with E-state index in [0.717, 1.165) is 0 Å². The van der Waals surface area contributed by atoms with Gasteiger partial charge in [-0.25, -0.2) is 4.39 Å². The molecule has 0 unspecified atom stereocenters. The van der Waals surface area contributed by atoms with Gasteiger partial charge in [-0.05, 0) is 60.2 Å². The average molecular weight is 450 g/mol. The molecule has 0 aliphatic rings. The van der Waals surface area contributed by atoms with E-state index in [0.29, 0.717) is 16.9 Å². The molecule has 0 saturated carbocycles. The molecule has 0 heterocycles. The van der Waals surface area contributed by atoms with Crippen molar-refractivity contribution in [1.82, 2.24) is 0 Å². The number of anilines is 2. The standard InChI is InChI=1S/C24H17ClFN3O3/c25-21-13-16(12-17(14-27)24(31)29-19-4-2-1-3-5-19)6-11-22(21)32-15-23(30)28-20-9-7-18(26)8-10-20/h1-13H,15H2,(H,28,30)(H,29,31)/b17-12+. The van der Waals surface area contributed by atoms with Gasteiger partial charge in [0.05, 0.1) is 5.02 Å². The van der Waals surface area contributed by atoms with Gasteiger partial charge in [-0.2, -0.15) is 5.26 Å². The highest BCUT2D eigenvalue weighted by molar-refractivity contribution is 6.32. The van der Waals surface area contributed by atoms with Gasteiger partial charge in [0.25, 0.3) is 11.8 Å². The number of benzene rings is 3.